The summed E-state index contributed by atoms with van der Waals surface area (Å²) < 4.78 is 7.72. The summed E-state index contributed by atoms with van der Waals surface area (Å²) in [7, 11) is 0. The minimum Gasteiger partial charge on any atom is -0.365 e. The van der Waals surface area contributed by atoms with E-state index in [1.54, 1.807) is 4.68 Å². The Kier molecular flexibility index (Phi) is 5.58. The molecule has 1 unspecified atom stereocenters. The van der Waals surface area contributed by atoms with Crippen LogP contribution in [0, 0.1) is 0 Å². The van der Waals surface area contributed by atoms with Gasteiger partial charge in [-0.25, -0.2) is 4.68 Å². The first-order valence-electron chi connectivity index (χ1n) is 8.02. The van der Waals surface area contributed by atoms with Gasteiger partial charge in [0, 0.05) is 31.2 Å². The summed E-state index contributed by atoms with van der Waals surface area (Å²) in [5.41, 5.74) is 2.20. The van der Waals surface area contributed by atoms with Gasteiger partial charge in [0.1, 0.15) is 6.10 Å². The van der Waals surface area contributed by atoms with Crippen LogP contribution in [0.1, 0.15) is 27.8 Å². The summed E-state index contributed by atoms with van der Waals surface area (Å²) in [6, 6.07) is 7.58. The number of fused-ring (bicyclic) bond motifs is 1. The summed E-state index contributed by atoms with van der Waals surface area (Å²) in [6.07, 6.45) is -0.112. The molecule has 1 atom stereocenters. The highest BCUT2D eigenvalue weighted by Gasteiger charge is 2.30. The molecule has 1 N–H and O–H groups in total. The molecule has 2 aliphatic rings. The van der Waals surface area contributed by atoms with Crippen LogP contribution in [0.5, 0.6) is 0 Å². The van der Waals surface area contributed by atoms with Gasteiger partial charge in [-0.1, -0.05) is 28.9 Å². The molecule has 2 aromatic rings. The van der Waals surface area contributed by atoms with Crippen LogP contribution in [-0.4, -0.2) is 52.0 Å². The minimum absolute atomic E-state index is 0. The third-order valence-corrected chi connectivity index (χ3v) is 4.70. The highest BCUT2D eigenvalue weighted by Crippen LogP contribution is 2.28. The molecule has 0 aliphatic carbocycles. The van der Waals surface area contributed by atoms with E-state index < -0.39 is 0 Å². The summed E-state index contributed by atoms with van der Waals surface area (Å²) in [5.74, 6) is -0.0636. The molecular formula is C16H19Cl2N5O2. The SMILES string of the molecule is Cl.O=C(c1nnn2c1COC(c1ccc(Cl)cc1)C2)N1CCNCC1. The van der Waals surface area contributed by atoms with Gasteiger partial charge >= 0.3 is 0 Å². The number of ether oxygens (including phenoxy) is 1. The van der Waals surface area contributed by atoms with Crippen molar-refractivity contribution < 1.29 is 9.53 Å². The third kappa shape index (κ3) is 3.64. The molecule has 1 aromatic heterocycles. The fourth-order valence-corrected chi connectivity index (χ4v) is 3.20. The van der Waals surface area contributed by atoms with E-state index in [0.29, 0.717) is 37.0 Å². The van der Waals surface area contributed by atoms with Crippen LogP contribution >= 0.6 is 24.0 Å². The van der Waals surface area contributed by atoms with E-state index in [1.165, 1.54) is 0 Å². The van der Waals surface area contributed by atoms with Crippen LogP contribution in [-0.2, 0) is 17.9 Å². The summed E-state index contributed by atoms with van der Waals surface area (Å²) in [4.78, 5) is 14.4. The lowest BCUT2D eigenvalue weighted by molar-refractivity contribution is -0.00196. The zero-order chi connectivity index (χ0) is 16.5. The van der Waals surface area contributed by atoms with E-state index in [4.69, 9.17) is 16.3 Å². The average Bonchev–Trinajstić information content (AvgIpc) is 3.05. The average molecular weight is 384 g/mol. The van der Waals surface area contributed by atoms with Crippen LogP contribution in [0.2, 0.25) is 5.02 Å². The molecule has 0 radical (unpaired) electrons. The first-order chi connectivity index (χ1) is 11.7. The molecule has 4 rings (SSSR count). The number of hydrogen-bond donors (Lipinski definition) is 1. The van der Waals surface area contributed by atoms with Crippen molar-refractivity contribution in [2.75, 3.05) is 26.2 Å². The van der Waals surface area contributed by atoms with Crippen molar-refractivity contribution in [2.45, 2.75) is 19.3 Å². The smallest absolute Gasteiger partial charge is 0.276 e. The van der Waals surface area contributed by atoms with Gasteiger partial charge in [0.2, 0.25) is 0 Å². The quantitative estimate of drug-likeness (QED) is 0.853. The Hall–Kier alpha value is -1.67. The number of halogens is 2. The van der Waals surface area contributed by atoms with Gasteiger partial charge in [-0.15, -0.1) is 17.5 Å². The Morgan fingerprint density at radius 1 is 1.24 bits per heavy atom. The lowest BCUT2D eigenvalue weighted by atomic mass is 10.1. The zero-order valence-corrected chi connectivity index (χ0v) is 15.1. The van der Waals surface area contributed by atoms with Gasteiger partial charge < -0.3 is 15.0 Å². The van der Waals surface area contributed by atoms with Gasteiger partial charge in [-0.3, -0.25) is 4.79 Å². The van der Waals surface area contributed by atoms with E-state index in [2.05, 4.69) is 15.6 Å². The Morgan fingerprint density at radius 2 is 1.96 bits per heavy atom. The molecule has 134 valence electrons. The highest BCUT2D eigenvalue weighted by molar-refractivity contribution is 6.30. The van der Waals surface area contributed by atoms with Gasteiger partial charge in [-0.2, -0.15) is 0 Å². The van der Waals surface area contributed by atoms with Gasteiger partial charge in [-0.05, 0) is 17.7 Å². The molecule has 25 heavy (non-hydrogen) atoms. The molecule has 1 fully saturated rings. The van der Waals surface area contributed by atoms with Crippen LogP contribution in [0.3, 0.4) is 0 Å². The number of hydrogen-bond acceptors (Lipinski definition) is 5. The minimum atomic E-state index is -0.112. The number of aromatic nitrogens is 3. The van der Waals surface area contributed by atoms with Crippen molar-refractivity contribution >= 4 is 29.9 Å². The maximum absolute atomic E-state index is 12.6. The standard InChI is InChI=1S/C16H18ClN5O2.ClH/c17-12-3-1-11(2-4-12)14-9-22-13(10-24-14)15(19-20-22)16(23)21-7-5-18-6-8-21;/h1-4,14,18H,5-10H2;1H. The van der Waals surface area contributed by atoms with E-state index in [0.717, 1.165) is 24.3 Å². The Bertz CT molecular complexity index is 743. The van der Waals surface area contributed by atoms with Crippen LogP contribution < -0.4 is 5.32 Å². The topological polar surface area (TPSA) is 72.3 Å². The number of carbonyl (C=O) groups is 1. The van der Waals surface area contributed by atoms with Gasteiger partial charge in [0.15, 0.2) is 5.69 Å². The maximum atomic E-state index is 12.6. The normalized spacial score (nSPS) is 19.9. The molecular weight excluding hydrogens is 365 g/mol. The van der Waals surface area contributed by atoms with Crippen LogP contribution in [0.15, 0.2) is 24.3 Å². The predicted molar refractivity (Wildman–Crippen MR) is 95.0 cm³/mol. The Labute approximate surface area is 156 Å². The fourth-order valence-electron chi connectivity index (χ4n) is 3.07. The van der Waals surface area contributed by atoms with Crippen molar-refractivity contribution in [3.63, 3.8) is 0 Å². The number of amides is 1. The second-order valence-electron chi connectivity index (χ2n) is 5.96. The van der Waals surface area contributed by atoms with Crippen molar-refractivity contribution in [1.82, 2.24) is 25.2 Å². The summed E-state index contributed by atoms with van der Waals surface area (Å²) >= 11 is 5.93. The Morgan fingerprint density at radius 3 is 2.68 bits per heavy atom. The van der Waals surface area contributed by atoms with E-state index >= 15 is 0 Å². The number of rotatable bonds is 2. The van der Waals surface area contributed by atoms with E-state index in [9.17, 15) is 4.79 Å². The lowest BCUT2D eigenvalue weighted by Crippen LogP contribution is -2.46. The second-order valence-corrected chi connectivity index (χ2v) is 6.40. The highest BCUT2D eigenvalue weighted by atomic mass is 35.5. The number of benzene rings is 1. The molecule has 7 nitrogen and oxygen atoms in total. The fraction of sp³-hybridized carbons (Fsp3) is 0.438. The first-order valence-corrected chi connectivity index (χ1v) is 8.39. The second kappa shape index (κ2) is 7.70. The number of nitrogens with zero attached hydrogens (tertiary/aromatic N) is 4. The molecule has 0 spiro atoms. The van der Waals surface area contributed by atoms with Crippen molar-refractivity contribution in [3.05, 3.63) is 46.2 Å². The zero-order valence-electron chi connectivity index (χ0n) is 13.5. The number of nitrogens with one attached hydrogen (secondary N) is 1. The predicted octanol–water partition coefficient (Wildman–Crippen LogP) is 1.67. The molecule has 0 bridgehead atoms. The number of piperazine rings is 1. The van der Waals surface area contributed by atoms with Crippen LogP contribution in [0.4, 0.5) is 0 Å². The van der Waals surface area contributed by atoms with Crippen molar-refractivity contribution in [2.24, 2.45) is 0 Å². The van der Waals surface area contributed by atoms with Gasteiger partial charge in [0.05, 0.1) is 18.8 Å². The van der Waals surface area contributed by atoms with E-state index in [1.807, 2.05) is 29.2 Å². The molecule has 0 saturated carbocycles. The lowest BCUT2D eigenvalue weighted by Gasteiger charge is -2.28. The molecule has 1 aromatic carbocycles. The Balaban J connectivity index is 0.00000182. The molecule has 1 amide bonds. The van der Waals surface area contributed by atoms with Crippen molar-refractivity contribution in [1.29, 1.82) is 0 Å². The van der Waals surface area contributed by atoms with Crippen molar-refractivity contribution in [3.8, 4) is 0 Å². The van der Waals surface area contributed by atoms with Gasteiger partial charge in [0.25, 0.3) is 5.91 Å². The number of carbonyl (C=O) groups excluding carboxylic acids is 1. The largest absolute Gasteiger partial charge is 0.365 e. The van der Waals surface area contributed by atoms with Crippen LogP contribution in [0.25, 0.3) is 0 Å². The molecule has 2 aliphatic heterocycles. The molecule has 1 saturated heterocycles. The monoisotopic (exact) mass is 383 g/mol. The maximum Gasteiger partial charge on any atom is 0.276 e. The summed E-state index contributed by atoms with van der Waals surface area (Å²) in [5, 5.41) is 12.2. The summed E-state index contributed by atoms with van der Waals surface area (Å²) in [6.45, 7) is 3.87. The molecule has 3 heterocycles. The first kappa shape index (κ1) is 18.1. The third-order valence-electron chi connectivity index (χ3n) is 4.45. The molecule has 9 heteroatoms. The van der Waals surface area contributed by atoms with E-state index in [-0.39, 0.29) is 24.4 Å².